The standard InChI is InChI=1S/C33H50N2O12/c1-2-3-12-34-30-6-4-29(5-7-30)33(36)47-28-26-45-24-22-43-20-18-41-16-14-39-13-15-40-17-19-42-21-23-44-25-27-46-32-10-8-31(9-11-32)35(37)38/h4-11,34H,2-3,12-28H2,1H3. The molecular formula is C33H50N2O12. The Bertz CT molecular complexity index is 1060. The molecule has 0 bridgehead atoms. The Hall–Kier alpha value is -3.37. The summed E-state index contributed by atoms with van der Waals surface area (Å²) in [7, 11) is 0. The molecule has 0 aromatic heterocycles. The fraction of sp³-hybridized carbons (Fsp3) is 0.606. The summed E-state index contributed by atoms with van der Waals surface area (Å²) in [6.07, 6.45) is 2.23. The van der Waals surface area contributed by atoms with Crippen LogP contribution in [0.3, 0.4) is 0 Å². The number of ether oxygens (including phenoxy) is 9. The van der Waals surface area contributed by atoms with Crippen molar-refractivity contribution in [3.05, 3.63) is 64.2 Å². The Kier molecular flexibility index (Phi) is 23.5. The van der Waals surface area contributed by atoms with Gasteiger partial charge in [0.15, 0.2) is 0 Å². The van der Waals surface area contributed by atoms with Gasteiger partial charge in [-0.3, -0.25) is 10.1 Å². The molecule has 2 aromatic carbocycles. The minimum atomic E-state index is -0.455. The first-order valence-electron chi connectivity index (χ1n) is 16.0. The number of non-ortho nitro benzene ring substituents is 1. The van der Waals surface area contributed by atoms with Crippen LogP contribution in [0.4, 0.5) is 11.4 Å². The Morgan fingerprint density at radius 2 is 1.04 bits per heavy atom. The van der Waals surface area contributed by atoms with Gasteiger partial charge in [0, 0.05) is 24.4 Å². The number of benzene rings is 2. The summed E-state index contributed by atoms with van der Waals surface area (Å²) in [5, 5.41) is 13.9. The molecule has 0 fully saturated rings. The van der Waals surface area contributed by atoms with Crippen LogP contribution >= 0.6 is 0 Å². The quantitative estimate of drug-likeness (QED) is 0.0530. The second-order valence-corrected chi connectivity index (χ2v) is 9.88. The minimum Gasteiger partial charge on any atom is -0.491 e. The van der Waals surface area contributed by atoms with E-state index in [0.717, 1.165) is 25.1 Å². The Labute approximate surface area is 277 Å². The van der Waals surface area contributed by atoms with E-state index in [-0.39, 0.29) is 18.3 Å². The lowest BCUT2D eigenvalue weighted by atomic mass is 10.2. The molecule has 0 saturated heterocycles. The number of anilines is 1. The number of esters is 1. The average Bonchev–Trinajstić information content (AvgIpc) is 3.08. The maximum Gasteiger partial charge on any atom is 0.338 e. The summed E-state index contributed by atoms with van der Waals surface area (Å²) < 4.78 is 48.8. The van der Waals surface area contributed by atoms with Crippen molar-refractivity contribution in [3.8, 4) is 5.75 Å². The van der Waals surface area contributed by atoms with Crippen LogP contribution in [-0.2, 0) is 37.9 Å². The molecule has 0 heterocycles. The van der Waals surface area contributed by atoms with Crippen molar-refractivity contribution in [3.63, 3.8) is 0 Å². The normalized spacial score (nSPS) is 11.0. The van der Waals surface area contributed by atoms with Crippen molar-refractivity contribution < 1.29 is 52.3 Å². The fourth-order valence-electron chi connectivity index (χ4n) is 3.71. The molecule has 2 rings (SSSR count). The molecule has 0 unspecified atom stereocenters. The van der Waals surface area contributed by atoms with E-state index in [1.807, 2.05) is 12.1 Å². The first kappa shape index (κ1) is 39.8. The average molecular weight is 667 g/mol. The zero-order valence-corrected chi connectivity index (χ0v) is 27.4. The number of carbonyl (C=O) groups is 1. The topological polar surface area (TPSA) is 155 Å². The Morgan fingerprint density at radius 1 is 0.617 bits per heavy atom. The second kappa shape index (κ2) is 27.7. The molecule has 0 aliphatic heterocycles. The molecule has 14 nitrogen and oxygen atoms in total. The predicted molar refractivity (Wildman–Crippen MR) is 174 cm³/mol. The smallest absolute Gasteiger partial charge is 0.338 e. The molecule has 0 saturated carbocycles. The number of unbranched alkanes of at least 4 members (excludes halogenated alkanes) is 1. The summed E-state index contributed by atoms with van der Waals surface area (Å²) in [4.78, 5) is 22.3. The third-order valence-corrected chi connectivity index (χ3v) is 6.22. The molecule has 0 aliphatic rings. The fourth-order valence-corrected chi connectivity index (χ4v) is 3.71. The van der Waals surface area contributed by atoms with E-state index in [9.17, 15) is 14.9 Å². The van der Waals surface area contributed by atoms with Gasteiger partial charge in [-0.2, -0.15) is 0 Å². The minimum absolute atomic E-state index is 0.0223. The largest absolute Gasteiger partial charge is 0.491 e. The van der Waals surface area contributed by atoms with Crippen molar-refractivity contribution in [1.82, 2.24) is 0 Å². The van der Waals surface area contributed by atoms with Crippen molar-refractivity contribution in [1.29, 1.82) is 0 Å². The number of rotatable bonds is 31. The highest BCUT2D eigenvalue weighted by Crippen LogP contribution is 2.17. The molecule has 264 valence electrons. The number of hydrogen-bond donors (Lipinski definition) is 1. The molecule has 0 radical (unpaired) electrons. The predicted octanol–water partition coefficient (Wildman–Crippen LogP) is 4.16. The summed E-state index contributed by atoms with van der Waals surface area (Å²) in [5.41, 5.74) is 1.52. The summed E-state index contributed by atoms with van der Waals surface area (Å²) in [6.45, 7) is 9.65. The van der Waals surface area contributed by atoms with E-state index in [0.29, 0.717) is 110 Å². The third kappa shape index (κ3) is 21.2. The van der Waals surface area contributed by atoms with Gasteiger partial charge in [0.2, 0.25) is 0 Å². The first-order chi connectivity index (χ1) is 23.1. The number of nitro benzene ring substituents is 1. The molecule has 0 spiro atoms. The zero-order chi connectivity index (χ0) is 33.6. The van der Waals surface area contributed by atoms with Crippen LogP contribution < -0.4 is 10.1 Å². The second-order valence-electron chi connectivity index (χ2n) is 9.88. The monoisotopic (exact) mass is 666 g/mol. The molecule has 14 heteroatoms. The van der Waals surface area contributed by atoms with Gasteiger partial charge in [-0.15, -0.1) is 0 Å². The van der Waals surface area contributed by atoms with Gasteiger partial charge in [0.05, 0.1) is 103 Å². The highest BCUT2D eigenvalue weighted by atomic mass is 16.6. The zero-order valence-electron chi connectivity index (χ0n) is 27.4. The molecule has 1 N–H and O–H groups in total. The summed E-state index contributed by atoms with van der Waals surface area (Å²) >= 11 is 0. The molecule has 47 heavy (non-hydrogen) atoms. The van der Waals surface area contributed by atoms with Crippen molar-refractivity contribution in [2.75, 3.05) is 118 Å². The SMILES string of the molecule is CCCCNc1ccc(C(=O)OCCOCCOCCOCCOCCOCCOCCOCCOc2ccc([N+](=O)[O-])cc2)cc1. The maximum absolute atomic E-state index is 12.1. The van der Waals surface area contributed by atoms with E-state index < -0.39 is 4.92 Å². The van der Waals surface area contributed by atoms with Gasteiger partial charge in [-0.05, 0) is 42.8 Å². The maximum atomic E-state index is 12.1. The van der Waals surface area contributed by atoms with Gasteiger partial charge in [-0.25, -0.2) is 4.79 Å². The summed E-state index contributed by atoms with van der Waals surface area (Å²) in [6, 6.07) is 13.2. The van der Waals surface area contributed by atoms with Gasteiger partial charge < -0.3 is 47.9 Å². The number of nitro groups is 1. The van der Waals surface area contributed by atoms with E-state index in [2.05, 4.69) is 12.2 Å². The van der Waals surface area contributed by atoms with Gasteiger partial charge in [-0.1, -0.05) is 13.3 Å². The molecule has 0 amide bonds. The lowest BCUT2D eigenvalue weighted by molar-refractivity contribution is -0.384. The van der Waals surface area contributed by atoms with E-state index in [1.165, 1.54) is 12.1 Å². The van der Waals surface area contributed by atoms with Gasteiger partial charge >= 0.3 is 5.97 Å². The van der Waals surface area contributed by atoms with E-state index in [4.69, 9.17) is 42.6 Å². The van der Waals surface area contributed by atoms with Crippen molar-refractivity contribution >= 4 is 17.3 Å². The van der Waals surface area contributed by atoms with Crippen LogP contribution in [0, 0.1) is 10.1 Å². The third-order valence-electron chi connectivity index (χ3n) is 6.22. The van der Waals surface area contributed by atoms with E-state index in [1.54, 1.807) is 24.3 Å². The van der Waals surface area contributed by atoms with E-state index >= 15 is 0 Å². The Balaban J connectivity index is 1.23. The number of carbonyl (C=O) groups excluding carboxylic acids is 1. The van der Waals surface area contributed by atoms with Crippen LogP contribution in [0.1, 0.15) is 30.1 Å². The lowest BCUT2D eigenvalue weighted by Gasteiger charge is -2.09. The number of nitrogens with zero attached hydrogens (tertiary/aromatic N) is 1. The van der Waals surface area contributed by atoms with Crippen LogP contribution in [-0.4, -0.2) is 123 Å². The van der Waals surface area contributed by atoms with Crippen molar-refractivity contribution in [2.45, 2.75) is 19.8 Å². The first-order valence-corrected chi connectivity index (χ1v) is 16.0. The van der Waals surface area contributed by atoms with Crippen LogP contribution in [0.15, 0.2) is 48.5 Å². The molecule has 2 aromatic rings. The highest BCUT2D eigenvalue weighted by Gasteiger charge is 2.07. The van der Waals surface area contributed by atoms with Crippen molar-refractivity contribution in [2.24, 2.45) is 0 Å². The van der Waals surface area contributed by atoms with Crippen LogP contribution in [0.5, 0.6) is 5.75 Å². The molecular weight excluding hydrogens is 616 g/mol. The van der Waals surface area contributed by atoms with Gasteiger partial charge in [0.25, 0.3) is 5.69 Å². The highest BCUT2D eigenvalue weighted by molar-refractivity contribution is 5.89. The lowest BCUT2D eigenvalue weighted by Crippen LogP contribution is -2.15. The Morgan fingerprint density at radius 3 is 1.47 bits per heavy atom. The van der Waals surface area contributed by atoms with Gasteiger partial charge in [0.1, 0.15) is 19.0 Å². The molecule has 0 aliphatic carbocycles. The number of nitrogens with one attached hydrogen (secondary N) is 1. The molecule has 0 atom stereocenters. The van der Waals surface area contributed by atoms with Crippen LogP contribution in [0.2, 0.25) is 0 Å². The number of hydrogen-bond acceptors (Lipinski definition) is 13. The van der Waals surface area contributed by atoms with Crippen LogP contribution in [0.25, 0.3) is 0 Å². The summed E-state index contributed by atoms with van der Waals surface area (Å²) in [5.74, 6) is 0.183.